The van der Waals surface area contributed by atoms with Crippen LogP contribution in [0.1, 0.15) is 31.8 Å². The van der Waals surface area contributed by atoms with Gasteiger partial charge in [0.05, 0.1) is 18.2 Å². The van der Waals surface area contributed by atoms with Crippen LogP contribution in [0.4, 0.5) is 17.6 Å². The molecule has 0 aliphatic carbocycles. The van der Waals surface area contributed by atoms with Gasteiger partial charge in [-0.3, -0.25) is 4.79 Å². The van der Waals surface area contributed by atoms with Gasteiger partial charge in [-0.2, -0.15) is 13.2 Å². The van der Waals surface area contributed by atoms with Crippen molar-refractivity contribution >= 4 is 11.9 Å². The van der Waals surface area contributed by atoms with E-state index >= 15 is 0 Å². The third kappa shape index (κ3) is 4.56. The summed E-state index contributed by atoms with van der Waals surface area (Å²) in [7, 11) is 1.21. The second-order valence-electron chi connectivity index (χ2n) is 5.05. The number of esters is 1. The fourth-order valence-corrected chi connectivity index (χ4v) is 2.12. The first kappa shape index (κ1) is 18.4. The molecule has 0 bridgehead atoms. The highest BCUT2D eigenvalue weighted by atomic mass is 19.4. The fraction of sp³-hybridized carbons (Fsp3) is 0.176. The molecule has 2 aromatic carbocycles. The SMILES string of the molecule is COC(=O)c1ccc(C(=O)NCc2ccc(F)cc2C(F)(F)F)cc1. The summed E-state index contributed by atoms with van der Waals surface area (Å²) < 4.78 is 56.3. The minimum Gasteiger partial charge on any atom is -0.465 e. The Labute approximate surface area is 140 Å². The summed E-state index contributed by atoms with van der Waals surface area (Å²) in [6, 6.07) is 7.65. The molecule has 0 saturated heterocycles. The maximum Gasteiger partial charge on any atom is 0.416 e. The Bertz CT molecular complexity index is 785. The first-order valence-corrected chi connectivity index (χ1v) is 7.04. The molecular weight excluding hydrogens is 342 g/mol. The molecule has 2 aromatic rings. The van der Waals surface area contributed by atoms with E-state index in [2.05, 4.69) is 10.1 Å². The Morgan fingerprint density at radius 3 is 2.20 bits per heavy atom. The summed E-state index contributed by atoms with van der Waals surface area (Å²) in [6.07, 6.45) is -4.73. The molecule has 0 unspecified atom stereocenters. The minimum atomic E-state index is -4.73. The Hall–Kier alpha value is -2.90. The standard InChI is InChI=1S/C17H13F4NO3/c1-25-16(24)11-4-2-10(3-5-11)15(23)22-9-12-6-7-13(18)8-14(12)17(19,20)21/h2-8H,9H2,1H3,(H,22,23). The maximum absolute atomic E-state index is 13.0. The average molecular weight is 355 g/mol. The van der Waals surface area contributed by atoms with Gasteiger partial charge in [0.1, 0.15) is 5.82 Å². The van der Waals surface area contributed by atoms with Crippen LogP contribution in [-0.2, 0) is 17.5 Å². The lowest BCUT2D eigenvalue weighted by Crippen LogP contribution is -2.24. The van der Waals surface area contributed by atoms with Gasteiger partial charge in [0.2, 0.25) is 0 Å². The van der Waals surface area contributed by atoms with Crippen LogP contribution in [0.15, 0.2) is 42.5 Å². The van der Waals surface area contributed by atoms with Crippen LogP contribution in [0.5, 0.6) is 0 Å². The van der Waals surface area contributed by atoms with Gasteiger partial charge in [-0.25, -0.2) is 9.18 Å². The molecule has 25 heavy (non-hydrogen) atoms. The summed E-state index contributed by atoms with van der Waals surface area (Å²) in [5.41, 5.74) is -1.01. The van der Waals surface area contributed by atoms with Crippen LogP contribution in [0.25, 0.3) is 0 Å². The van der Waals surface area contributed by atoms with Crippen molar-refractivity contribution in [3.05, 3.63) is 70.5 Å². The zero-order valence-corrected chi connectivity index (χ0v) is 13.0. The summed E-state index contributed by atoms with van der Waals surface area (Å²) in [4.78, 5) is 23.3. The summed E-state index contributed by atoms with van der Waals surface area (Å²) in [6.45, 7) is -0.424. The van der Waals surface area contributed by atoms with Crippen LogP contribution < -0.4 is 5.32 Å². The van der Waals surface area contributed by atoms with Crippen LogP contribution in [-0.4, -0.2) is 19.0 Å². The van der Waals surface area contributed by atoms with Gasteiger partial charge in [-0.15, -0.1) is 0 Å². The van der Waals surface area contributed by atoms with Crippen molar-refractivity contribution in [3.8, 4) is 0 Å². The molecular formula is C17H13F4NO3. The van der Waals surface area contributed by atoms with E-state index in [0.29, 0.717) is 6.07 Å². The van der Waals surface area contributed by atoms with E-state index in [1.807, 2.05) is 0 Å². The van der Waals surface area contributed by atoms with E-state index in [1.54, 1.807) is 0 Å². The van der Waals surface area contributed by atoms with Crippen LogP contribution >= 0.6 is 0 Å². The van der Waals surface area contributed by atoms with Crippen LogP contribution in [0.3, 0.4) is 0 Å². The molecule has 0 aliphatic heterocycles. The highest BCUT2D eigenvalue weighted by Gasteiger charge is 2.33. The molecule has 8 heteroatoms. The molecule has 0 fully saturated rings. The number of hydrogen-bond donors (Lipinski definition) is 1. The largest absolute Gasteiger partial charge is 0.465 e. The highest BCUT2D eigenvalue weighted by molar-refractivity contribution is 5.96. The van der Waals surface area contributed by atoms with E-state index in [1.165, 1.54) is 31.4 Å². The fourth-order valence-electron chi connectivity index (χ4n) is 2.12. The topological polar surface area (TPSA) is 55.4 Å². The van der Waals surface area contributed by atoms with Gasteiger partial charge in [0.25, 0.3) is 5.91 Å². The van der Waals surface area contributed by atoms with E-state index in [0.717, 1.165) is 12.1 Å². The number of benzene rings is 2. The first-order valence-electron chi connectivity index (χ1n) is 7.04. The molecule has 0 spiro atoms. The number of amides is 1. The normalized spacial score (nSPS) is 11.1. The molecule has 0 saturated carbocycles. The van der Waals surface area contributed by atoms with E-state index in [9.17, 15) is 27.2 Å². The summed E-state index contributed by atoms with van der Waals surface area (Å²) in [5, 5.41) is 2.33. The molecule has 1 amide bonds. The first-order chi connectivity index (χ1) is 11.7. The number of rotatable bonds is 4. The third-order valence-corrected chi connectivity index (χ3v) is 3.38. The predicted octanol–water partition coefficient (Wildman–Crippen LogP) is 3.56. The molecule has 0 atom stereocenters. The summed E-state index contributed by atoms with van der Waals surface area (Å²) in [5.74, 6) is -2.22. The molecule has 0 heterocycles. The number of nitrogens with one attached hydrogen (secondary N) is 1. The lowest BCUT2D eigenvalue weighted by molar-refractivity contribution is -0.138. The van der Waals surface area contributed by atoms with Gasteiger partial charge in [-0.1, -0.05) is 6.07 Å². The van der Waals surface area contributed by atoms with Gasteiger partial charge in [0, 0.05) is 12.1 Å². The van der Waals surface area contributed by atoms with Crippen molar-refractivity contribution < 1.29 is 31.9 Å². The highest BCUT2D eigenvalue weighted by Crippen LogP contribution is 2.32. The van der Waals surface area contributed by atoms with Crippen molar-refractivity contribution in [2.24, 2.45) is 0 Å². The maximum atomic E-state index is 13.0. The van der Waals surface area contributed by atoms with Crippen molar-refractivity contribution in [2.45, 2.75) is 12.7 Å². The lowest BCUT2D eigenvalue weighted by atomic mass is 10.1. The quantitative estimate of drug-likeness (QED) is 0.674. The van der Waals surface area contributed by atoms with Crippen LogP contribution in [0.2, 0.25) is 0 Å². The number of alkyl halides is 3. The van der Waals surface area contributed by atoms with Crippen molar-refractivity contribution in [2.75, 3.05) is 7.11 Å². The predicted molar refractivity (Wildman–Crippen MR) is 80.4 cm³/mol. The molecule has 4 nitrogen and oxygen atoms in total. The summed E-state index contributed by atoms with van der Waals surface area (Å²) >= 11 is 0. The van der Waals surface area contributed by atoms with E-state index in [4.69, 9.17) is 0 Å². The molecule has 0 radical (unpaired) electrons. The Kier molecular flexibility index (Phi) is 5.41. The van der Waals surface area contributed by atoms with Gasteiger partial charge < -0.3 is 10.1 Å². The second kappa shape index (κ2) is 7.33. The Morgan fingerprint density at radius 1 is 1.04 bits per heavy atom. The van der Waals surface area contributed by atoms with Gasteiger partial charge in [0.15, 0.2) is 0 Å². The Morgan fingerprint density at radius 2 is 1.64 bits per heavy atom. The number of methoxy groups -OCH3 is 1. The number of carbonyl (C=O) groups excluding carboxylic acids is 2. The molecule has 132 valence electrons. The van der Waals surface area contributed by atoms with Gasteiger partial charge >= 0.3 is 12.1 Å². The molecule has 0 aliphatic rings. The van der Waals surface area contributed by atoms with E-state index in [-0.39, 0.29) is 16.7 Å². The van der Waals surface area contributed by atoms with Crippen LogP contribution in [0, 0.1) is 5.82 Å². The number of halogens is 4. The van der Waals surface area contributed by atoms with Crippen molar-refractivity contribution in [1.29, 1.82) is 0 Å². The molecule has 2 rings (SSSR count). The average Bonchev–Trinajstić information content (AvgIpc) is 2.59. The van der Waals surface area contributed by atoms with Crippen molar-refractivity contribution in [1.82, 2.24) is 5.32 Å². The third-order valence-electron chi connectivity index (χ3n) is 3.38. The molecule has 0 aromatic heterocycles. The minimum absolute atomic E-state index is 0.156. The van der Waals surface area contributed by atoms with Crippen molar-refractivity contribution in [3.63, 3.8) is 0 Å². The zero-order valence-electron chi connectivity index (χ0n) is 13.0. The lowest BCUT2D eigenvalue weighted by Gasteiger charge is -2.13. The Balaban J connectivity index is 2.11. The van der Waals surface area contributed by atoms with E-state index < -0.39 is 36.0 Å². The number of ether oxygens (including phenoxy) is 1. The zero-order chi connectivity index (χ0) is 18.6. The second-order valence-corrected chi connectivity index (χ2v) is 5.05. The number of carbonyl (C=O) groups is 2. The molecule has 1 N–H and O–H groups in total. The monoisotopic (exact) mass is 355 g/mol. The van der Waals surface area contributed by atoms with Gasteiger partial charge in [-0.05, 0) is 42.0 Å². The number of hydrogen-bond acceptors (Lipinski definition) is 3. The smallest absolute Gasteiger partial charge is 0.416 e.